The molecular formula is C29H35Cl2N3O6. The first-order valence-electron chi connectivity index (χ1n) is 12.9. The maximum atomic E-state index is 13.8. The number of rotatable bonds is 13. The number of ether oxygens (including phenoxy) is 3. The normalized spacial score (nSPS) is 18.4. The lowest BCUT2D eigenvalue weighted by molar-refractivity contribution is -0.155. The van der Waals surface area contributed by atoms with Crippen molar-refractivity contribution in [2.24, 2.45) is 4.99 Å². The number of hydrogen-bond acceptors (Lipinski definition) is 8. The summed E-state index contributed by atoms with van der Waals surface area (Å²) in [6, 6.07) is 11.9. The number of benzene rings is 2. The molecule has 1 aliphatic rings. The molecule has 1 amide bonds. The van der Waals surface area contributed by atoms with Crippen LogP contribution >= 0.6 is 23.2 Å². The van der Waals surface area contributed by atoms with Gasteiger partial charge in [0.05, 0.1) is 6.61 Å². The Kier molecular flexibility index (Phi) is 11.0. The van der Waals surface area contributed by atoms with Crippen LogP contribution in [0.1, 0.15) is 57.3 Å². The summed E-state index contributed by atoms with van der Waals surface area (Å²) >= 11 is 12.7. The predicted octanol–water partition coefficient (Wildman–Crippen LogP) is 4.94. The summed E-state index contributed by atoms with van der Waals surface area (Å²) in [6.07, 6.45) is 0.979. The van der Waals surface area contributed by atoms with E-state index in [-0.39, 0.29) is 30.4 Å². The third-order valence-electron chi connectivity index (χ3n) is 5.85. The molecule has 0 bridgehead atoms. The van der Waals surface area contributed by atoms with Gasteiger partial charge in [-0.1, -0.05) is 35.3 Å². The molecule has 3 rings (SSSR count). The molecule has 40 heavy (non-hydrogen) atoms. The van der Waals surface area contributed by atoms with E-state index >= 15 is 0 Å². The quantitative estimate of drug-likeness (QED) is 0.131. The molecule has 0 saturated heterocycles. The van der Waals surface area contributed by atoms with Gasteiger partial charge >= 0.3 is 5.97 Å². The summed E-state index contributed by atoms with van der Waals surface area (Å²) in [5, 5.41) is 9.69. The lowest BCUT2D eigenvalue weighted by Crippen LogP contribution is -2.53. The molecule has 2 aromatic rings. The Labute approximate surface area is 244 Å². The molecular weight excluding hydrogens is 557 g/mol. The highest BCUT2D eigenvalue weighted by Crippen LogP contribution is 2.45. The van der Waals surface area contributed by atoms with Gasteiger partial charge in [-0.25, -0.2) is 10.4 Å². The van der Waals surface area contributed by atoms with E-state index in [9.17, 15) is 9.59 Å². The Balaban J connectivity index is 2.04. The number of amides is 1. The van der Waals surface area contributed by atoms with Gasteiger partial charge in [0.1, 0.15) is 11.4 Å². The minimum atomic E-state index is -1.59. The number of aliphatic imine (C=N–C) groups is 1. The van der Waals surface area contributed by atoms with Crippen LogP contribution in [0.25, 0.3) is 0 Å². The molecule has 1 heterocycles. The lowest BCUT2D eigenvalue weighted by Gasteiger charge is -2.31. The summed E-state index contributed by atoms with van der Waals surface area (Å²) in [5.74, 6) is -0.197. The number of hydrogen-bond donors (Lipinski definition) is 3. The van der Waals surface area contributed by atoms with Crippen LogP contribution in [0.4, 0.5) is 0 Å². The Bertz CT molecular complexity index is 1230. The van der Waals surface area contributed by atoms with E-state index in [2.05, 4.69) is 17.4 Å². The third-order valence-corrected chi connectivity index (χ3v) is 6.42. The lowest BCUT2D eigenvalue weighted by atomic mass is 9.83. The zero-order chi connectivity index (χ0) is 29.3. The molecule has 9 nitrogen and oxygen atoms in total. The molecule has 0 radical (unpaired) electrons. The molecule has 216 valence electrons. The Morgan fingerprint density at radius 3 is 2.55 bits per heavy atom. The number of nitrogens with zero attached hydrogens (tertiary/aromatic N) is 1. The van der Waals surface area contributed by atoms with E-state index in [1.165, 1.54) is 0 Å². The molecule has 0 saturated carbocycles. The maximum absolute atomic E-state index is 13.8. The number of carbonyl (C=O) groups is 2. The number of aliphatic hydroxyl groups is 1. The van der Waals surface area contributed by atoms with Gasteiger partial charge in [0.2, 0.25) is 5.90 Å². The van der Waals surface area contributed by atoms with Crippen LogP contribution in [0, 0.1) is 0 Å². The number of aliphatic hydroxyl groups excluding tert-OH is 1. The van der Waals surface area contributed by atoms with Gasteiger partial charge in [-0.2, -0.15) is 0 Å². The molecule has 11 heteroatoms. The van der Waals surface area contributed by atoms with Crippen molar-refractivity contribution in [1.29, 1.82) is 0 Å². The van der Waals surface area contributed by atoms with Crippen molar-refractivity contribution in [3.63, 3.8) is 0 Å². The van der Waals surface area contributed by atoms with Crippen molar-refractivity contribution in [1.82, 2.24) is 10.9 Å². The zero-order valence-corrected chi connectivity index (χ0v) is 24.3. The van der Waals surface area contributed by atoms with Gasteiger partial charge in [0, 0.05) is 47.2 Å². The maximum Gasteiger partial charge on any atom is 0.306 e. The summed E-state index contributed by atoms with van der Waals surface area (Å²) in [7, 11) is 0. The van der Waals surface area contributed by atoms with E-state index in [1.54, 1.807) is 69.3 Å². The number of nitrogens with one attached hydrogen (secondary N) is 2. The SMILES string of the molecule is C=CCNNC(=O)[C@@]1(CCC(=O)OC(C)(C)C)N=C(c2ccc(OCCCO)cc2)O[C@H]1c1ccc(Cl)cc1Cl. The molecule has 2 atom stereocenters. The van der Waals surface area contributed by atoms with E-state index in [0.29, 0.717) is 41.5 Å². The molecule has 0 spiro atoms. The van der Waals surface area contributed by atoms with Crippen molar-refractivity contribution in [3.8, 4) is 5.75 Å². The summed E-state index contributed by atoms with van der Waals surface area (Å²) in [5.41, 5.74) is 4.26. The number of hydrazine groups is 1. The molecule has 3 N–H and O–H groups in total. The number of halogens is 2. The second-order valence-electron chi connectivity index (χ2n) is 10.2. The molecule has 2 aromatic carbocycles. The van der Waals surface area contributed by atoms with Gasteiger partial charge in [0.15, 0.2) is 11.6 Å². The summed E-state index contributed by atoms with van der Waals surface area (Å²) in [4.78, 5) is 31.4. The standard InChI is InChI=1S/C29H35Cl2N3O6/c1-5-15-32-34-27(37)29(14-13-24(36)40-28(2,3)4)25(22-12-9-20(30)18-23(22)31)39-26(33-29)19-7-10-21(11-8-19)38-17-6-16-35/h5,7-12,18,25,32,35H,1,6,13-17H2,2-4H3,(H,34,37)/t25-,29-/m0/s1. The van der Waals surface area contributed by atoms with E-state index in [1.807, 2.05) is 0 Å². The second-order valence-corrected chi connectivity index (χ2v) is 11.0. The first kappa shape index (κ1) is 31.4. The van der Waals surface area contributed by atoms with Crippen molar-refractivity contribution < 1.29 is 28.9 Å². The fourth-order valence-corrected chi connectivity index (χ4v) is 4.57. The van der Waals surface area contributed by atoms with E-state index < -0.39 is 29.1 Å². The fraction of sp³-hybridized carbons (Fsp3) is 0.414. The highest BCUT2D eigenvalue weighted by molar-refractivity contribution is 6.35. The Hall–Kier alpha value is -3.11. The first-order valence-corrected chi connectivity index (χ1v) is 13.7. The highest BCUT2D eigenvalue weighted by Gasteiger charge is 2.54. The van der Waals surface area contributed by atoms with Crippen molar-refractivity contribution in [2.75, 3.05) is 19.8 Å². The summed E-state index contributed by atoms with van der Waals surface area (Å²) in [6.45, 7) is 9.68. The minimum absolute atomic E-state index is 0.0288. The van der Waals surface area contributed by atoms with Crippen LogP contribution in [-0.4, -0.2) is 53.8 Å². The Morgan fingerprint density at radius 2 is 1.93 bits per heavy atom. The zero-order valence-electron chi connectivity index (χ0n) is 22.8. The average Bonchev–Trinajstić information content (AvgIpc) is 3.28. The fourth-order valence-electron chi connectivity index (χ4n) is 4.06. The van der Waals surface area contributed by atoms with Crippen molar-refractivity contribution >= 4 is 41.0 Å². The van der Waals surface area contributed by atoms with Crippen LogP contribution in [0.15, 0.2) is 60.1 Å². The largest absolute Gasteiger partial charge is 0.494 e. The van der Waals surface area contributed by atoms with Gasteiger partial charge in [-0.05, 0) is 63.6 Å². The van der Waals surface area contributed by atoms with E-state index in [0.717, 1.165) is 0 Å². The smallest absolute Gasteiger partial charge is 0.306 e. The molecule has 0 aliphatic carbocycles. The van der Waals surface area contributed by atoms with E-state index in [4.69, 9.17) is 47.5 Å². The van der Waals surface area contributed by atoms with Crippen LogP contribution in [-0.2, 0) is 19.1 Å². The van der Waals surface area contributed by atoms with Gasteiger partial charge < -0.3 is 19.3 Å². The number of esters is 1. The molecule has 0 unspecified atom stereocenters. The molecule has 0 aromatic heterocycles. The van der Waals surface area contributed by atoms with Crippen molar-refractivity contribution in [2.45, 2.75) is 57.3 Å². The van der Waals surface area contributed by atoms with Crippen LogP contribution in [0.2, 0.25) is 10.0 Å². The first-order chi connectivity index (χ1) is 19.0. The van der Waals surface area contributed by atoms with Gasteiger partial charge in [0.25, 0.3) is 5.91 Å². The third kappa shape index (κ3) is 8.20. The van der Waals surface area contributed by atoms with Crippen LogP contribution in [0.5, 0.6) is 5.75 Å². The monoisotopic (exact) mass is 591 g/mol. The van der Waals surface area contributed by atoms with Crippen LogP contribution < -0.4 is 15.6 Å². The van der Waals surface area contributed by atoms with Crippen LogP contribution in [0.3, 0.4) is 0 Å². The Morgan fingerprint density at radius 1 is 1.20 bits per heavy atom. The second kappa shape index (κ2) is 14.0. The predicted molar refractivity (Wildman–Crippen MR) is 155 cm³/mol. The minimum Gasteiger partial charge on any atom is -0.494 e. The van der Waals surface area contributed by atoms with Gasteiger partial charge in [-0.15, -0.1) is 6.58 Å². The van der Waals surface area contributed by atoms with Gasteiger partial charge in [-0.3, -0.25) is 15.0 Å². The highest BCUT2D eigenvalue weighted by atomic mass is 35.5. The van der Waals surface area contributed by atoms with Crippen molar-refractivity contribution in [3.05, 3.63) is 76.3 Å². The topological polar surface area (TPSA) is 118 Å². The molecule has 1 aliphatic heterocycles. The number of carbonyl (C=O) groups excluding carboxylic acids is 2. The molecule has 0 fully saturated rings. The average molecular weight is 593 g/mol. The summed E-state index contributed by atoms with van der Waals surface area (Å²) < 4.78 is 17.5.